The lowest BCUT2D eigenvalue weighted by atomic mass is 9.98. The number of aromatic nitrogens is 3. The number of aromatic amines is 1. The van der Waals surface area contributed by atoms with Crippen LogP contribution in [0, 0.1) is 26.0 Å². The molecule has 0 atom stereocenters. The first-order valence-corrected chi connectivity index (χ1v) is 10.8. The average Bonchev–Trinajstić information content (AvgIpc) is 3.12. The fraction of sp³-hybridized carbons (Fsp3) is 0.154. The van der Waals surface area contributed by atoms with Crippen LogP contribution in [0.3, 0.4) is 0 Å². The van der Waals surface area contributed by atoms with Gasteiger partial charge in [-0.3, -0.25) is 14.6 Å². The minimum atomic E-state index is -0.576. The number of rotatable bonds is 5. The van der Waals surface area contributed by atoms with Gasteiger partial charge in [0.25, 0.3) is 17.6 Å². The Hall–Kier alpha value is -4.46. The maximum atomic E-state index is 13.2. The Morgan fingerprint density at radius 3 is 2.38 bits per heavy atom. The van der Waals surface area contributed by atoms with E-state index in [2.05, 4.69) is 20.6 Å². The predicted molar refractivity (Wildman–Crippen MR) is 130 cm³/mol. The summed E-state index contributed by atoms with van der Waals surface area (Å²) in [7, 11) is 1.53. The van der Waals surface area contributed by atoms with Crippen molar-refractivity contribution in [2.45, 2.75) is 20.8 Å². The summed E-state index contributed by atoms with van der Waals surface area (Å²) >= 11 is 0. The standard InChI is InChI=1S/C26H25N5O3/c1-15-7-5-8-16(2)22(15)21-14-18(11-12-28-21)24-29-17(3)23(31(24)34)26(33)30-20-10-6-9-19(13-20)25(32)27-4/h5-14,29H,1-4H3,(H,27,32)(H,30,33). The Bertz CT molecular complexity index is 1390. The largest absolute Gasteiger partial charge is 0.710 e. The molecule has 0 fully saturated rings. The molecule has 0 saturated carbocycles. The average molecular weight is 456 g/mol. The summed E-state index contributed by atoms with van der Waals surface area (Å²) in [6.45, 7) is 5.71. The number of pyridine rings is 1. The van der Waals surface area contributed by atoms with Crippen molar-refractivity contribution >= 4 is 17.5 Å². The van der Waals surface area contributed by atoms with E-state index >= 15 is 0 Å². The van der Waals surface area contributed by atoms with Crippen LogP contribution in [0.4, 0.5) is 5.69 Å². The molecule has 4 aromatic rings. The van der Waals surface area contributed by atoms with Crippen molar-refractivity contribution in [2.75, 3.05) is 12.4 Å². The minimum absolute atomic E-state index is 0.0502. The Morgan fingerprint density at radius 1 is 0.971 bits per heavy atom. The predicted octanol–water partition coefficient (Wildman–Crippen LogP) is 3.91. The normalized spacial score (nSPS) is 10.7. The van der Waals surface area contributed by atoms with Crippen LogP contribution < -0.4 is 15.4 Å². The number of carbonyl (C=O) groups excluding carboxylic acids is 2. The summed E-state index contributed by atoms with van der Waals surface area (Å²) in [4.78, 5) is 32.4. The number of amides is 2. The van der Waals surface area contributed by atoms with Gasteiger partial charge in [-0.2, -0.15) is 0 Å². The molecule has 2 amide bonds. The second-order valence-electron chi connectivity index (χ2n) is 8.05. The number of hydrogen-bond donors (Lipinski definition) is 3. The second-order valence-corrected chi connectivity index (χ2v) is 8.05. The van der Waals surface area contributed by atoms with Crippen LogP contribution in [-0.4, -0.2) is 28.8 Å². The zero-order valence-corrected chi connectivity index (χ0v) is 19.4. The Morgan fingerprint density at radius 2 is 1.68 bits per heavy atom. The molecule has 0 unspecified atom stereocenters. The van der Waals surface area contributed by atoms with Crippen LogP contribution in [0.2, 0.25) is 0 Å². The van der Waals surface area contributed by atoms with Gasteiger partial charge in [0.05, 0.1) is 11.3 Å². The first-order valence-electron chi connectivity index (χ1n) is 10.8. The molecule has 2 aromatic heterocycles. The smallest absolute Gasteiger partial charge is 0.300 e. The summed E-state index contributed by atoms with van der Waals surface area (Å²) in [5.74, 6) is -0.600. The van der Waals surface area contributed by atoms with Crippen LogP contribution in [-0.2, 0) is 0 Å². The summed E-state index contributed by atoms with van der Waals surface area (Å²) in [6.07, 6.45) is 1.65. The zero-order chi connectivity index (χ0) is 24.4. The van der Waals surface area contributed by atoms with Crippen LogP contribution >= 0.6 is 0 Å². The van der Waals surface area contributed by atoms with Crippen molar-refractivity contribution in [1.82, 2.24) is 15.3 Å². The van der Waals surface area contributed by atoms with Gasteiger partial charge in [-0.1, -0.05) is 24.3 Å². The molecule has 172 valence electrons. The monoisotopic (exact) mass is 455 g/mol. The lowest BCUT2D eigenvalue weighted by Crippen LogP contribution is -2.36. The highest BCUT2D eigenvalue weighted by atomic mass is 16.5. The SMILES string of the molecule is CNC(=O)c1cccc(NC(=O)c2c(C)[nH]c(-c3ccnc(-c4c(C)cccc4C)c3)[n+]2[O-])c1. The first kappa shape index (κ1) is 22.7. The van der Waals surface area contributed by atoms with E-state index in [1.807, 2.05) is 38.1 Å². The van der Waals surface area contributed by atoms with Crippen molar-refractivity contribution < 1.29 is 14.3 Å². The van der Waals surface area contributed by atoms with E-state index in [1.165, 1.54) is 7.05 Å². The van der Waals surface area contributed by atoms with E-state index in [4.69, 9.17) is 0 Å². The minimum Gasteiger partial charge on any atom is -0.710 e. The third kappa shape index (κ3) is 4.25. The Labute approximate surface area is 197 Å². The van der Waals surface area contributed by atoms with Crippen molar-refractivity contribution in [3.05, 3.63) is 94.1 Å². The zero-order valence-electron chi connectivity index (χ0n) is 19.4. The molecule has 3 N–H and O–H groups in total. The van der Waals surface area contributed by atoms with Crippen LogP contribution in [0.15, 0.2) is 60.8 Å². The van der Waals surface area contributed by atoms with Gasteiger partial charge in [0, 0.05) is 37.0 Å². The molecule has 0 aliphatic carbocycles. The number of carbonyl (C=O) groups is 2. The van der Waals surface area contributed by atoms with Crippen LogP contribution in [0.25, 0.3) is 22.6 Å². The molecule has 0 spiro atoms. The molecule has 34 heavy (non-hydrogen) atoms. The van der Waals surface area contributed by atoms with Gasteiger partial charge >= 0.3 is 0 Å². The number of aryl methyl sites for hydroxylation is 3. The summed E-state index contributed by atoms with van der Waals surface area (Å²) in [5.41, 5.74) is 5.74. The van der Waals surface area contributed by atoms with Gasteiger partial charge in [0.2, 0.25) is 5.69 Å². The van der Waals surface area contributed by atoms with Crippen molar-refractivity contribution in [3.63, 3.8) is 0 Å². The van der Waals surface area contributed by atoms with Gasteiger partial charge in [-0.15, -0.1) is 0 Å². The molecule has 4 rings (SSSR count). The highest BCUT2D eigenvalue weighted by molar-refractivity contribution is 6.04. The number of nitrogens with one attached hydrogen (secondary N) is 3. The van der Waals surface area contributed by atoms with E-state index in [9.17, 15) is 14.8 Å². The maximum absolute atomic E-state index is 13.2. The number of hydrogen-bond acceptors (Lipinski definition) is 4. The third-order valence-corrected chi connectivity index (χ3v) is 5.66. The van der Waals surface area contributed by atoms with Crippen molar-refractivity contribution in [3.8, 4) is 22.6 Å². The van der Waals surface area contributed by atoms with E-state index in [0.29, 0.717) is 27.2 Å². The molecular weight excluding hydrogens is 430 g/mol. The van der Waals surface area contributed by atoms with Gasteiger partial charge in [0.15, 0.2) is 5.69 Å². The number of nitrogens with zero attached hydrogens (tertiary/aromatic N) is 2. The molecular formula is C26H25N5O3. The molecule has 8 heteroatoms. The highest BCUT2D eigenvalue weighted by Crippen LogP contribution is 2.28. The molecule has 0 aliphatic rings. The quantitative estimate of drug-likeness (QED) is 0.313. The van der Waals surface area contributed by atoms with Crippen LogP contribution in [0.5, 0.6) is 0 Å². The van der Waals surface area contributed by atoms with E-state index in [-0.39, 0.29) is 17.4 Å². The number of benzene rings is 2. The first-order chi connectivity index (χ1) is 16.3. The summed E-state index contributed by atoms with van der Waals surface area (Å²) < 4.78 is 0.594. The van der Waals surface area contributed by atoms with Crippen molar-refractivity contribution in [1.29, 1.82) is 0 Å². The topological polar surface area (TPSA) is 114 Å². The van der Waals surface area contributed by atoms with E-state index < -0.39 is 5.91 Å². The fourth-order valence-corrected chi connectivity index (χ4v) is 4.01. The fourth-order valence-electron chi connectivity index (χ4n) is 4.01. The van der Waals surface area contributed by atoms with Gasteiger partial charge < -0.3 is 15.8 Å². The Kier molecular flexibility index (Phi) is 6.14. The summed E-state index contributed by atoms with van der Waals surface area (Å²) in [5, 5.41) is 18.4. The molecule has 0 radical (unpaired) electrons. The third-order valence-electron chi connectivity index (χ3n) is 5.66. The molecule has 2 heterocycles. The van der Waals surface area contributed by atoms with Gasteiger partial charge in [-0.25, -0.2) is 9.71 Å². The van der Waals surface area contributed by atoms with E-state index in [0.717, 1.165) is 22.4 Å². The molecule has 0 aliphatic heterocycles. The van der Waals surface area contributed by atoms with Gasteiger partial charge in [-0.05, 0) is 55.3 Å². The number of H-pyrrole nitrogens is 1. The lowest BCUT2D eigenvalue weighted by Gasteiger charge is -2.11. The molecule has 8 nitrogen and oxygen atoms in total. The number of imidazole rings is 1. The van der Waals surface area contributed by atoms with Crippen LogP contribution in [0.1, 0.15) is 37.7 Å². The molecule has 2 aromatic carbocycles. The Balaban J connectivity index is 1.67. The summed E-state index contributed by atoms with van der Waals surface area (Å²) in [6, 6.07) is 16.1. The second kappa shape index (κ2) is 9.19. The maximum Gasteiger partial charge on any atom is 0.300 e. The van der Waals surface area contributed by atoms with Crippen molar-refractivity contribution in [2.24, 2.45) is 0 Å². The molecule has 0 bridgehead atoms. The van der Waals surface area contributed by atoms with Gasteiger partial charge in [0.1, 0.15) is 0 Å². The lowest BCUT2D eigenvalue weighted by molar-refractivity contribution is -0.594. The number of anilines is 1. The highest BCUT2D eigenvalue weighted by Gasteiger charge is 2.26. The molecule has 0 saturated heterocycles. The van der Waals surface area contributed by atoms with E-state index in [1.54, 1.807) is 43.5 Å².